The Kier molecular flexibility index (Phi) is 12.4. The van der Waals surface area contributed by atoms with Crippen LogP contribution in [0.2, 0.25) is 0 Å². The van der Waals surface area contributed by atoms with Crippen molar-refractivity contribution in [2.45, 2.75) is 54.4 Å². The Bertz CT molecular complexity index is 1450. The topological polar surface area (TPSA) is 151 Å². The number of halogens is 3. The predicted octanol–water partition coefficient (Wildman–Crippen LogP) is 4.02. The number of aliphatic hydroxyl groups excluding tert-OH is 1. The van der Waals surface area contributed by atoms with E-state index in [2.05, 4.69) is 10.1 Å². The van der Waals surface area contributed by atoms with Crippen molar-refractivity contribution in [2.75, 3.05) is 26.5 Å². The van der Waals surface area contributed by atoms with Crippen molar-refractivity contribution >= 4 is 27.7 Å². The van der Waals surface area contributed by atoms with Crippen molar-refractivity contribution in [3.05, 3.63) is 96.1 Å². The summed E-state index contributed by atoms with van der Waals surface area (Å²) in [6.07, 6.45) is -6.84. The van der Waals surface area contributed by atoms with Gasteiger partial charge in [0, 0.05) is 24.7 Å². The Morgan fingerprint density at radius 2 is 1.44 bits per heavy atom. The van der Waals surface area contributed by atoms with Crippen molar-refractivity contribution in [1.29, 1.82) is 0 Å². The summed E-state index contributed by atoms with van der Waals surface area (Å²) < 4.78 is 74.3. The quantitative estimate of drug-likeness (QED) is 0.193. The van der Waals surface area contributed by atoms with Crippen LogP contribution in [0.5, 0.6) is 0 Å². The number of alkyl halides is 3. The lowest BCUT2D eigenvalue weighted by molar-refractivity contribution is -0.164. The zero-order valence-corrected chi connectivity index (χ0v) is 25.6. The van der Waals surface area contributed by atoms with E-state index in [1.165, 1.54) is 31.3 Å². The number of nitrogens with two attached hydrogens (primary N) is 1. The number of nitrogens with one attached hydrogen (secondary N) is 2. The van der Waals surface area contributed by atoms with Crippen LogP contribution in [0.15, 0.2) is 89.8 Å². The molecular weight excluding hydrogens is 613 g/mol. The summed E-state index contributed by atoms with van der Waals surface area (Å²) in [5.41, 5.74) is 7.11. The Morgan fingerprint density at radius 1 is 0.911 bits per heavy atom. The number of carbonyl (C=O) groups excluding carboxylic acids is 2. The fourth-order valence-electron chi connectivity index (χ4n) is 4.91. The number of methoxy groups -OCH3 is 1. The molecule has 0 heterocycles. The van der Waals surface area contributed by atoms with E-state index in [0.29, 0.717) is 16.8 Å². The van der Waals surface area contributed by atoms with Gasteiger partial charge in [0.2, 0.25) is 15.9 Å². The highest BCUT2D eigenvalue weighted by Gasteiger charge is 2.43. The van der Waals surface area contributed by atoms with E-state index in [-0.39, 0.29) is 17.7 Å². The number of nitrogen functional groups attached to an aromatic ring is 1. The number of nitrogens with zero attached hydrogens (tertiary/aromatic N) is 1. The Morgan fingerprint density at radius 3 is 1.91 bits per heavy atom. The number of rotatable bonds is 14. The van der Waals surface area contributed by atoms with E-state index in [1.807, 2.05) is 5.32 Å². The van der Waals surface area contributed by atoms with Crippen molar-refractivity contribution in [2.24, 2.45) is 0 Å². The fraction of sp³-hybridized carbons (Fsp3) is 0.355. The van der Waals surface area contributed by atoms with Gasteiger partial charge in [-0.3, -0.25) is 4.79 Å². The summed E-state index contributed by atoms with van der Waals surface area (Å²) in [6, 6.07) is 17.6. The third kappa shape index (κ3) is 9.42. The lowest BCUT2D eigenvalue weighted by Crippen LogP contribution is -2.55. The maximum atomic E-state index is 14.2. The highest BCUT2D eigenvalue weighted by molar-refractivity contribution is 7.89. The number of carbonyl (C=O) groups is 2. The van der Waals surface area contributed by atoms with Gasteiger partial charge in [-0.1, -0.05) is 60.7 Å². The van der Waals surface area contributed by atoms with Crippen molar-refractivity contribution in [3.8, 4) is 0 Å². The maximum absolute atomic E-state index is 14.2. The average molecular weight is 651 g/mol. The first-order valence-corrected chi connectivity index (χ1v) is 15.5. The second-order valence-corrected chi connectivity index (χ2v) is 12.4. The van der Waals surface area contributed by atoms with Gasteiger partial charge in [-0.05, 0) is 54.7 Å². The summed E-state index contributed by atoms with van der Waals surface area (Å²) in [4.78, 5) is 25.8. The molecule has 0 spiro atoms. The molecule has 0 bridgehead atoms. The minimum Gasteiger partial charge on any atom is -0.453 e. The Balaban J connectivity index is 1.82. The molecule has 0 fully saturated rings. The number of anilines is 1. The first-order valence-electron chi connectivity index (χ1n) is 14.1. The Hall–Kier alpha value is -4.14. The van der Waals surface area contributed by atoms with Gasteiger partial charge in [0.15, 0.2) is 0 Å². The highest BCUT2D eigenvalue weighted by Crippen LogP contribution is 2.30. The summed E-state index contributed by atoms with van der Waals surface area (Å²) >= 11 is 0. The summed E-state index contributed by atoms with van der Waals surface area (Å²) in [6.45, 7) is -0.644. The zero-order valence-electron chi connectivity index (χ0n) is 24.8. The van der Waals surface area contributed by atoms with Gasteiger partial charge in [0.05, 0.1) is 18.6 Å². The number of aliphatic hydroxyl groups is 1. The zero-order chi connectivity index (χ0) is 33.2. The van der Waals surface area contributed by atoms with Crippen LogP contribution in [0.1, 0.15) is 36.3 Å². The van der Waals surface area contributed by atoms with Crippen LogP contribution in [0.4, 0.5) is 23.7 Å². The van der Waals surface area contributed by atoms with Crippen LogP contribution in [0.3, 0.4) is 0 Å². The molecule has 0 aliphatic rings. The number of likely N-dealkylation sites (N-methyl/N-ethyl adjacent to an activating group) is 1. The first kappa shape index (κ1) is 35.3. The largest absolute Gasteiger partial charge is 0.453 e. The van der Waals surface area contributed by atoms with E-state index in [1.54, 1.807) is 60.7 Å². The highest BCUT2D eigenvalue weighted by atomic mass is 32.2. The Labute approximate surface area is 260 Å². The van der Waals surface area contributed by atoms with Gasteiger partial charge < -0.3 is 26.2 Å². The van der Waals surface area contributed by atoms with Crippen LogP contribution in [-0.4, -0.2) is 74.9 Å². The van der Waals surface area contributed by atoms with Gasteiger partial charge in [-0.15, -0.1) is 0 Å². The van der Waals surface area contributed by atoms with Crippen LogP contribution in [0.25, 0.3) is 0 Å². The van der Waals surface area contributed by atoms with E-state index in [4.69, 9.17) is 5.73 Å². The van der Waals surface area contributed by atoms with E-state index in [9.17, 15) is 36.3 Å². The number of ether oxygens (including phenoxy) is 1. The molecule has 3 rings (SSSR count). The lowest BCUT2D eigenvalue weighted by atomic mass is 9.84. The molecule has 2 amide bonds. The molecule has 5 N–H and O–H groups in total. The van der Waals surface area contributed by atoms with Crippen LogP contribution >= 0.6 is 0 Å². The lowest BCUT2D eigenvalue weighted by Gasteiger charge is -2.31. The molecule has 3 aromatic rings. The molecule has 10 nitrogen and oxygen atoms in total. The number of hydrogen-bond acceptors (Lipinski definition) is 7. The standard InChI is InChI=1S/C31H37F3N4O6S/c1-38(45(42,43)25-18-16-23(35)17-19-25)24(20-39)14-9-15-26(31(32,33)34)36-29(40)28(37-30(41)44-2)27(21-10-5-3-6-11-21)22-12-7-4-8-13-22/h3-8,10-13,16-19,24,26-28,39H,9,14-15,20,35H2,1-2H3,(H,36,40)(H,37,41)/t24-,26+,28-/m0/s1. The molecule has 45 heavy (non-hydrogen) atoms. The number of benzene rings is 3. The van der Waals surface area contributed by atoms with Gasteiger partial charge >= 0.3 is 12.3 Å². The number of alkyl carbamates (subject to hydrolysis) is 1. The minimum absolute atomic E-state index is 0.0892. The molecule has 0 aliphatic heterocycles. The predicted molar refractivity (Wildman–Crippen MR) is 163 cm³/mol. The van der Waals surface area contributed by atoms with Crippen LogP contribution < -0.4 is 16.4 Å². The fourth-order valence-corrected chi connectivity index (χ4v) is 6.29. The molecule has 3 aromatic carbocycles. The monoisotopic (exact) mass is 650 g/mol. The summed E-state index contributed by atoms with van der Waals surface area (Å²) in [5.74, 6) is -1.96. The van der Waals surface area contributed by atoms with E-state index >= 15 is 0 Å². The molecule has 0 aliphatic carbocycles. The van der Waals surface area contributed by atoms with E-state index < -0.39 is 65.3 Å². The third-order valence-electron chi connectivity index (χ3n) is 7.42. The van der Waals surface area contributed by atoms with Gasteiger partial charge in [0.25, 0.3) is 0 Å². The first-order chi connectivity index (χ1) is 21.3. The van der Waals surface area contributed by atoms with Crippen molar-refractivity contribution < 1.29 is 41.0 Å². The molecule has 14 heteroatoms. The minimum atomic E-state index is -4.88. The molecule has 0 aromatic heterocycles. The molecular formula is C31H37F3N4O6S. The molecule has 3 atom stereocenters. The van der Waals surface area contributed by atoms with Crippen molar-refractivity contribution in [3.63, 3.8) is 0 Å². The molecule has 0 saturated carbocycles. The average Bonchev–Trinajstić information content (AvgIpc) is 3.02. The van der Waals surface area contributed by atoms with Gasteiger partial charge in [-0.25, -0.2) is 13.2 Å². The normalized spacial score (nSPS) is 14.0. The second-order valence-electron chi connectivity index (χ2n) is 10.4. The maximum Gasteiger partial charge on any atom is 0.408 e. The molecule has 0 radical (unpaired) electrons. The molecule has 0 saturated heterocycles. The summed E-state index contributed by atoms with van der Waals surface area (Å²) in [7, 11) is -1.78. The van der Waals surface area contributed by atoms with Crippen molar-refractivity contribution in [1.82, 2.24) is 14.9 Å². The summed E-state index contributed by atoms with van der Waals surface area (Å²) in [5, 5.41) is 14.4. The van der Waals surface area contributed by atoms with Gasteiger partial charge in [-0.2, -0.15) is 17.5 Å². The second kappa shape index (κ2) is 15.7. The van der Waals surface area contributed by atoms with Crippen LogP contribution in [0, 0.1) is 0 Å². The van der Waals surface area contributed by atoms with E-state index in [0.717, 1.165) is 11.4 Å². The molecule has 244 valence electrons. The number of amides is 2. The van der Waals surface area contributed by atoms with Crippen LogP contribution in [-0.2, 0) is 19.6 Å². The van der Waals surface area contributed by atoms with Gasteiger partial charge in [0.1, 0.15) is 12.1 Å². The molecule has 0 unspecified atom stereocenters. The third-order valence-corrected chi connectivity index (χ3v) is 9.34. The number of sulfonamides is 1. The number of hydrogen-bond donors (Lipinski definition) is 4. The SMILES string of the molecule is COC(=O)N[C@H](C(=O)N[C@H](CCC[C@@H](CO)N(C)S(=O)(=O)c1ccc(N)cc1)C(F)(F)F)C(c1ccccc1)c1ccccc1. The smallest absolute Gasteiger partial charge is 0.408 e.